The quantitative estimate of drug-likeness (QED) is 0.411. The molecule has 0 bridgehead atoms. The molecule has 2 fully saturated rings. The minimum Gasteiger partial charge on any atom is -0.298 e. The Hall–Kier alpha value is -1.67. The standard InChI is InChI=1S/C28H38FN/c1-4-8-24-16-21(18-30-19-28(6-3,20-30)15-5-2)17-26(22-9-7-10-22)27(24)23-11-13-25(29)14-12-23/h11-14,16-17,22H,4-10,15,18-20H2,1-3H3. The number of benzene rings is 2. The van der Waals surface area contributed by atoms with Crippen LogP contribution in [-0.4, -0.2) is 18.0 Å². The molecule has 2 aliphatic rings. The smallest absolute Gasteiger partial charge is 0.123 e. The van der Waals surface area contributed by atoms with Crippen LogP contribution in [0.2, 0.25) is 0 Å². The molecule has 2 heteroatoms. The molecule has 0 N–H and O–H groups in total. The van der Waals surface area contributed by atoms with Gasteiger partial charge in [0.25, 0.3) is 0 Å². The molecule has 1 nitrogen and oxygen atoms in total. The van der Waals surface area contributed by atoms with E-state index in [9.17, 15) is 4.39 Å². The van der Waals surface area contributed by atoms with E-state index >= 15 is 0 Å². The maximum atomic E-state index is 13.6. The molecular weight excluding hydrogens is 369 g/mol. The second kappa shape index (κ2) is 9.22. The summed E-state index contributed by atoms with van der Waals surface area (Å²) < 4.78 is 13.6. The fraction of sp³-hybridized carbons (Fsp3) is 0.571. The van der Waals surface area contributed by atoms with Gasteiger partial charge in [-0.05, 0) is 83.4 Å². The maximum absolute atomic E-state index is 13.6. The Morgan fingerprint density at radius 3 is 2.30 bits per heavy atom. The largest absolute Gasteiger partial charge is 0.298 e. The van der Waals surface area contributed by atoms with Crippen LogP contribution in [0.25, 0.3) is 11.1 Å². The third kappa shape index (κ3) is 4.35. The first-order chi connectivity index (χ1) is 14.6. The summed E-state index contributed by atoms with van der Waals surface area (Å²) in [6.07, 6.45) is 10.1. The van der Waals surface area contributed by atoms with Crippen LogP contribution < -0.4 is 0 Å². The fourth-order valence-electron chi connectivity index (χ4n) is 5.72. The average Bonchev–Trinajstić information content (AvgIpc) is 2.66. The maximum Gasteiger partial charge on any atom is 0.123 e. The molecule has 4 rings (SSSR count). The molecule has 1 saturated carbocycles. The van der Waals surface area contributed by atoms with Crippen molar-refractivity contribution in [3.8, 4) is 11.1 Å². The first-order valence-corrected chi connectivity index (χ1v) is 12.2. The van der Waals surface area contributed by atoms with Gasteiger partial charge >= 0.3 is 0 Å². The summed E-state index contributed by atoms with van der Waals surface area (Å²) in [5.74, 6) is 0.522. The van der Waals surface area contributed by atoms with Crippen LogP contribution in [0.3, 0.4) is 0 Å². The van der Waals surface area contributed by atoms with Gasteiger partial charge in [0, 0.05) is 19.6 Å². The highest BCUT2D eigenvalue weighted by molar-refractivity contribution is 5.73. The van der Waals surface area contributed by atoms with E-state index in [4.69, 9.17) is 0 Å². The van der Waals surface area contributed by atoms with Crippen molar-refractivity contribution in [3.63, 3.8) is 0 Å². The minimum absolute atomic E-state index is 0.151. The molecule has 0 aromatic heterocycles. The molecule has 0 spiro atoms. The summed E-state index contributed by atoms with van der Waals surface area (Å²) in [7, 11) is 0. The van der Waals surface area contributed by atoms with E-state index in [2.05, 4.69) is 37.8 Å². The SMILES string of the molecule is CCCc1cc(CN2CC(CC)(CCC)C2)cc(C2CCC2)c1-c1ccc(F)cc1. The molecule has 162 valence electrons. The molecule has 0 radical (unpaired) electrons. The van der Waals surface area contributed by atoms with Gasteiger partial charge in [0.15, 0.2) is 0 Å². The van der Waals surface area contributed by atoms with Crippen LogP contribution in [-0.2, 0) is 13.0 Å². The van der Waals surface area contributed by atoms with Crippen molar-refractivity contribution in [2.24, 2.45) is 5.41 Å². The number of likely N-dealkylation sites (tertiary alicyclic amines) is 1. The number of aryl methyl sites for hydroxylation is 1. The van der Waals surface area contributed by atoms with Gasteiger partial charge in [-0.15, -0.1) is 0 Å². The summed E-state index contributed by atoms with van der Waals surface area (Å²) in [5.41, 5.74) is 7.59. The molecule has 2 aromatic rings. The number of rotatable bonds is 9. The zero-order valence-electron chi connectivity index (χ0n) is 19.1. The second-order valence-electron chi connectivity index (χ2n) is 9.85. The van der Waals surface area contributed by atoms with Crippen LogP contribution in [0, 0.1) is 11.2 Å². The van der Waals surface area contributed by atoms with Gasteiger partial charge in [0.05, 0.1) is 0 Å². The lowest BCUT2D eigenvalue weighted by Crippen LogP contribution is -2.55. The Morgan fingerprint density at radius 1 is 1.00 bits per heavy atom. The zero-order chi connectivity index (χ0) is 21.1. The monoisotopic (exact) mass is 407 g/mol. The molecule has 1 heterocycles. The van der Waals surface area contributed by atoms with Gasteiger partial charge < -0.3 is 0 Å². The normalized spacial score (nSPS) is 18.8. The molecule has 2 aromatic carbocycles. The average molecular weight is 408 g/mol. The highest BCUT2D eigenvalue weighted by atomic mass is 19.1. The van der Waals surface area contributed by atoms with Crippen LogP contribution in [0.5, 0.6) is 0 Å². The lowest BCUT2D eigenvalue weighted by molar-refractivity contribution is -0.0162. The summed E-state index contributed by atoms with van der Waals surface area (Å²) in [5, 5.41) is 0. The van der Waals surface area contributed by atoms with Crippen molar-refractivity contribution < 1.29 is 4.39 Å². The van der Waals surface area contributed by atoms with Gasteiger partial charge in [-0.25, -0.2) is 4.39 Å². The van der Waals surface area contributed by atoms with Crippen LogP contribution >= 0.6 is 0 Å². The Balaban J connectivity index is 1.64. The van der Waals surface area contributed by atoms with Crippen molar-refractivity contribution in [1.29, 1.82) is 0 Å². The number of halogens is 1. The van der Waals surface area contributed by atoms with Crippen molar-refractivity contribution in [1.82, 2.24) is 4.90 Å². The predicted molar refractivity (Wildman–Crippen MR) is 125 cm³/mol. The summed E-state index contributed by atoms with van der Waals surface area (Å²) in [6.45, 7) is 10.5. The Kier molecular flexibility index (Phi) is 6.63. The molecule has 0 unspecified atom stereocenters. The Morgan fingerprint density at radius 2 is 1.73 bits per heavy atom. The van der Waals surface area contributed by atoms with E-state index in [0.717, 1.165) is 19.4 Å². The molecule has 0 atom stereocenters. The highest BCUT2D eigenvalue weighted by Crippen LogP contribution is 2.44. The fourth-order valence-corrected chi connectivity index (χ4v) is 5.72. The third-order valence-corrected chi connectivity index (χ3v) is 7.56. The Labute approximate surface area is 182 Å². The topological polar surface area (TPSA) is 3.24 Å². The van der Waals surface area contributed by atoms with Gasteiger partial charge in [-0.1, -0.05) is 64.3 Å². The third-order valence-electron chi connectivity index (χ3n) is 7.56. The van der Waals surface area contributed by atoms with Crippen molar-refractivity contribution in [3.05, 3.63) is 58.9 Å². The van der Waals surface area contributed by atoms with E-state index in [-0.39, 0.29) is 5.82 Å². The van der Waals surface area contributed by atoms with E-state index in [0.29, 0.717) is 11.3 Å². The summed E-state index contributed by atoms with van der Waals surface area (Å²) in [6, 6.07) is 12.1. The van der Waals surface area contributed by atoms with Gasteiger partial charge in [0.1, 0.15) is 5.82 Å². The highest BCUT2D eigenvalue weighted by Gasteiger charge is 2.40. The molecule has 1 saturated heterocycles. The molecule has 0 amide bonds. The van der Waals surface area contributed by atoms with E-state index in [1.807, 2.05) is 12.1 Å². The van der Waals surface area contributed by atoms with Crippen LogP contribution in [0.15, 0.2) is 36.4 Å². The summed E-state index contributed by atoms with van der Waals surface area (Å²) >= 11 is 0. The first kappa shape index (κ1) is 21.6. The van der Waals surface area contributed by atoms with Crippen molar-refractivity contribution in [2.75, 3.05) is 13.1 Å². The predicted octanol–water partition coefficient (Wildman–Crippen LogP) is 7.72. The van der Waals surface area contributed by atoms with E-state index < -0.39 is 0 Å². The first-order valence-electron chi connectivity index (χ1n) is 12.2. The van der Waals surface area contributed by atoms with Crippen LogP contribution in [0.4, 0.5) is 4.39 Å². The molecule has 1 aliphatic carbocycles. The van der Waals surface area contributed by atoms with Crippen molar-refractivity contribution >= 4 is 0 Å². The number of nitrogens with zero attached hydrogens (tertiary/aromatic N) is 1. The molecule has 1 aliphatic heterocycles. The minimum atomic E-state index is -0.151. The van der Waals surface area contributed by atoms with Crippen LogP contribution in [0.1, 0.15) is 88.3 Å². The second-order valence-corrected chi connectivity index (χ2v) is 9.85. The summed E-state index contributed by atoms with van der Waals surface area (Å²) in [4.78, 5) is 2.65. The molecule has 30 heavy (non-hydrogen) atoms. The Bertz CT molecular complexity index is 844. The van der Waals surface area contributed by atoms with Crippen molar-refractivity contribution in [2.45, 2.75) is 84.6 Å². The molecular formula is C28H38FN. The number of hydrogen-bond donors (Lipinski definition) is 0. The lowest BCUT2D eigenvalue weighted by atomic mass is 9.73. The van der Waals surface area contributed by atoms with E-state index in [1.54, 1.807) is 12.1 Å². The van der Waals surface area contributed by atoms with Gasteiger partial charge in [-0.3, -0.25) is 4.90 Å². The van der Waals surface area contributed by atoms with Gasteiger partial charge in [-0.2, -0.15) is 0 Å². The number of hydrogen-bond acceptors (Lipinski definition) is 1. The lowest BCUT2D eigenvalue weighted by Gasteiger charge is -2.50. The van der Waals surface area contributed by atoms with E-state index in [1.165, 1.54) is 79.4 Å². The van der Waals surface area contributed by atoms with Gasteiger partial charge in [0.2, 0.25) is 0 Å². The zero-order valence-corrected chi connectivity index (χ0v) is 19.1.